The molecule has 0 amide bonds. The molecule has 1 aromatic carbocycles. The molecule has 114 valence electrons. The van der Waals surface area contributed by atoms with Crippen molar-refractivity contribution in [1.29, 1.82) is 0 Å². The first kappa shape index (κ1) is 17.6. The molecule has 0 atom stereocenters. The second-order valence-electron chi connectivity index (χ2n) is 5.39. The molecule has 0 aliphatic rings. The molecule has 0 bridgehead atoms. The Kier molecular flexibility index (Phi) is 9.94. The lowest BCUT2D eigenvalue weighted by Crippen LogP contribution is -2.15. The Bertz CT molecular complexity index is 368. The molecule has 0 spiro atoms. The summed E-state index contributed by atoms with van der Waals surface area (Å²) >= 11 is 3.37. The van der Waals surface area contributed by atoms with Crippen LogP contribution in [0.2, 0.25) is 0 Å². The number of unbranched alkanes of at least 4 members (excludes halogenated alkanes) is 7. The van der Waals surface area contributed by atoms with Crippen molar-refractivity contribution in [1.82, 2.24) is 5.32 Å². The summed E-state index contributed by atoms with van der Waals surface area (Å²) < 4.78 is 14.4. The lowest BCUT2D eigenvalue weighted by atomic mass is 10.1. The Morgan fingerprint density at radius 1 is 1.00 bits per heavy atom. The first-order valence-electron chi connectivity index (χ1n) is 7.88. The van der Waals surface area contributed by atoms with Crippen LogP contribution in [0, 0.1) is 5.82 Å². The van der Waals surface area contributed by atoms with Crippen LogP contribution in [0.4, 0.5) is 4.39 Å². The molecule has 0 saturated carbocycles. The van der Waals surface area contributed by atoms with Crippen molar-refractivity contribution in [2.24, 2.45) is 0 Å². The summed E-state index contributed by atoms with van der Waals surface area (Å²) in [5.41, 5.74) is 0.735. The highest BCUT2D eigenvalue weighted by molar-refractivity contribution is 9.10. The summed E-state index contributed by atoms with van der Waals surface area (Å²) in [7, 11) is 0. The van der Waals surface area contributed by atoms with Gasteiger partial charge in [0.25, 0.3) is 0 Å². The lowest BCUT2D eigenvalue weighted by molar-refractivity contribution is 0.546. The van der Waals surface area contributed by atoms with Crippen LogP contribution in [0.1, 0.15) is 63.9 Å². The van der Waals surface area contributed by atoms with E-state index in [1.165, 1.54) is 57.4 Å². The number of hydrogen-bond acceptors (Lipinski definition) is 1. The van der Waals surface area contributed by atoms with Gasteiger partial charge in [-0.15, -0.1) is 0 Å². The molecule has 1 rings (SSSR count). The average Bonchev–Trinajstić information content (AvgIpc) is 2.44. The molecule has 1 nitrogen and oxygen atoms in total. The number of rotatable bonds is 11. The number of benzene rings is 1. The maximum absolute atomic E-state index is 13.5. The molecule has 20 heavy (non-hydrogen) atoms. The fraction of sp³-hybridized carbons (Fsp3) is 0.647. The lowest BCUT2D eigenvalue weighted by Gasteiger charge is -2.06. The van der Waals surface area contributed by atoms with Gasteiger partial charge in [0.05, 0.1) is 0 Å². The van der Waals surface area contributed by atoms with Crippen molar-refractivity contribution in [3.8, 4) is 0 Å². The summed E-state index contributed by atoms with van der Waals surface area (Å²) in [5.74, 6) is -0.128. The highest BCUT2D eigenvalue weighted by atomic mass is 79.9. The Morgan fingerprint density at radius 3 is 2.35 bits per heavy atom. The predicted molar refractivity (Wildman–Crippen MR) is 88.4 cm³/mol. The SMILES string of the molecule is CCCCCCCCCCNCc1cc(Br)ccc1F. The van der Waals surface area contributed by atoms with E-state index in [1.54, 1.807) is 6.07 Å². The van der Waals surface area contributed by atoms with E-state index in [0.717, 1.165) is 16.6 Å². The monoisotopic (exact) mass is 343 g/mol. The fourth-order valence-electron chi connectivity index (χ4n) is 2.29. The second-order valence-corrected chi connectivity index (χ2v) is 6.30. The van der Waals surface area contributed by atoms with Gasteiger partial charge in [-0.3, -0.25) is 0 Å². The molecule has 0 aromatic heterocycles. The third-order valence-electron chi connectivity index (χ3n) is 3.53. The number of nitrogens with one attached hydrogen (secondary N) is 1. The highest BCUT2D eigenvalue weighted by Gasteiger charge is 2.01. The second kappa shape index (κ2) is 11.3. The van der Waals surface area contributed by atoms with Gasteiger partial charge in [-0.05, 0) is 31.2 Å². The Labute approximate surface area is 131 Å². The van der Waals surface area contributed by atoms with Crippen LogP contribution in [0.25, 0.3) is 0 Å². The fourth-order valence-corrected chi connectivity index (χ4v) is 2.69. The van der Waals surface area contributed by atoms with E-state index in [0.29, 0.717) is 6.54 Å². The van der Waals surface area contributed by atoms with Crippen LogP contribution in [0.3, 0.4) is 0 Å². The molecule has 0 radical (unpaired) electrons. The zero-order valence-electron chi connectivity index (χ0n) is 12.6. The first-order valence-corrected chi connectivity index (χ1v) is 8.68. The highest BCUT2D eigenvalue weighted by Crippen LogP contribution is 2.15. The van der Waals surface area contributed by atoms with Gasteiger partial charge in [-0.2, -0.15) is 0 Å². The minimum Gasteiger partial charge on any atom is -0.313 e. The van der Waals surface area contributed by atoms with Gasteiger partial charge in [0.2, 0.25) is 0 Å². The van der Waals surface area contributed by atoms with Crippen LogP contribution < -0.4 is 5.32 Å². The van der Waals surface area contributed by atoms with Crippen molar-refractivity contribution < 1.29 is 4.39 Å². The molecule has 0 aliphatic heterocycles. The van der Waals surface area contributed by atoms with Crippen LogP contribution in [-0.2, 0) is 6.54 Å². The van der Waals surface area contributed by atoms with Crippen molar-refractivity contribution in [3.63, 3.8) is 0 Å². The molecule has 3 heteroatoms. The maximum atomic E-state index is 13.5. The maximum Gasteiger partial charge on any atom is 0.127 e. The summed E-state index contributed by atoms with van der Waals surface area (Å²) in [6.07, 6.45) is 10.6. The molecule has 1 N–H and O–H groups in total. The van der Waals surface area contributed by atoms with E-state index in [-0.39, 0.29) is 5.82 Å². The van der Waals surface area contributed by atoms with E-state index in [9.17, 15) is 4.39 Å². The topological polar surface area (TPSA) is 12.0 Å². The van der Waals surface area contributed by atoms with E-state index < -0.39 is 0 Å². The van der Waals surface area contributed by atoms with Gasteiger partial charge in [-0.1, -0.05) is 67.8 Å². The zero-order valence-corrected chi connectivity index (χ0v) is 14.1. The summed E-state index contributed by atoms with van der Waals surface area (Å²) in [6, 6.07) is 5.09. The van der Waals surface area contributed by atoms with E-state index in [1.807, 2.05) is 6.07 Å². The smallest absolute Gasteiger partial charge is 0.127 e. The third-order valence-corrected chi connectivity index (χ3v) is 4.02. The third kappa shape index (κ3) is 8.01. The quantitative estimate of drug-likeness (QED) is 0.499. The van der Waals surface area contributed by atoms with Crippen LogP contribution in [0.5, 0.6) is 0 Å². The van der Waals surface area contributed by atoms with E-state index in [2.05, 4.69) is 28.2 Å². The molecular formula is C17H27BrFN. The van der Waals surface area contributed by atoms with Gasteiger partial charge < -0.3 is 5.32 Å². The molecule has 0 unspecified atom stereocenters. The molecule has 0 saturated heterocycles. The first-order chi connectivity index (χ1) is 9.74. The van der Waals surface area contributed by atoms with Crippen molar-refractivity contribution >= 4 is 15.9 Å². The van der Waals surface area contributed by atoms with Gasteiger partial charge in [0.15, 0.2) is 0 Å². The minimum absolute atomic E-state index is 0.128. The minimum atomic E-state index is -0.128. The summed E-state index contributed by atoms with van der Waals surface area (Å²) in [4.78, 5) is 0. The molecule has 0 heterocycles. The van der Waals surface area contributed by atoms with Gasteiger partial charge in [0.1, 0.15) is 5.82 Å². The predicted octanol–water partition coefficient (Wildman–Crippen LogP) is 5.82. The standard InChI is InChI=1S/C17H27BrFN/c1-2-3-4-5-6-7-8-9-12-20-14-15-13-16(18)10-11-17(15)19/h10-11,13,20H,2-9,12,14H2,1H3. The number of hydrogen-bond donors (Lipinski definition) is 1. The molecule has 0 aliphatic carbocycles. The summed E-state index contributed by atoms with van der Waals surface area (Å²) in [6.45, 7) is 3.84. The van der Waals surface area contributed by atoms with Crippen molar-refractivity contribution in [2.75, 3.05) is 6.54 Å². The van der Waals surface area contributed by atoms with Gasteiger partial charge in [0, 0.05) is 16.6 Å². The molecule has 0 fully saturated rings. The zero-order chi connectivity index (χ0) is 14.6. The summed E-state index contributed by atoms with van der Waals surface area (Å²) in [5, 5.41) is 3.32. The Balaban J connectivity index is 1.98. The van der Waals surface area contributed by atoms with Crippen molar-refractivity contribution in [2.45, 2.75) is 64.8 Å². The van der Waals surface area contributed by atoms with Crippen LogP contribution in [-0.4, -0.2) is 6.54 Å². The van der Waals surface area contributed by atoms with Gasteiger partial charge >= 0.3 is 0 Å². The average molecular weight is 344 g/mol. The normalized spacial score (nSPS) is 10.9. The van der Waals surface area contributed by atoms with Crippen molar-refractivity contribution in [3.05, 3.63) is 34.1 Å². The Hall–Kier alpha value is -0.410. The Morgan fingerprint density at radius 2 is 1.65 bits per heavy atom. The van der Waals surface area contributed by atoms with Gasteiger partial charge in [-0.25, -0.2) is 4.39 Å². The van der Waals surface area contributed by atoms with E-state index in [4.69, 9.17) is 0 Å². The largest absolute Gasteiger partial charge is 0.313 e. The van der Waals surface area contributed by atoms with E-state index >= 15 is 0 Å². The molecule has 1 aromatic rings. The molecular weight excluding hydrogens is 317 g/mol. The number of halogens is 2. The van der Waals surface area contributed by atoms with Crippen LogP contribution >= 0.6 is 15.9 Å². The van der Waals surface area contributed by atoms with Crippen LogP contribution in [0.15, 0.2) is 22.7 Å².